The summed E-state index contributed by atoms with van der Waals surface area (Å²) >= 11 is 0. The van der Waals surface area contributed by atoms with Crippen LogP contribution >= 0.6 is 0 Å². The topological polar surface area (TPSA) is 140 Å². The molecule has 0 heterocycles. The highest BCUT2D eigenvalue weighted by atomic mass is 16.5. The number of phenols is 1. The first-order valence-electron chi connectivity index (χ1n) is 8.61. The summed E-state index contributed by atoms with van der Waals surface area (Å²) in [5, 5.41) is 26.2. The van der Waals surface area contributed by atoms with E-state index < -0.39 is 18.0 Å². The molecule has 2 rings (SSSR count). The van der Waals surface area contributed by atoms with Crippen molar-refractivity contribution in [1.29, 1.82) is 0 Å². The van der Waals surface area contributed by atoms with Gasteiger partial charge in [0.15, 0.2) is 0 Å². The van der Waals surface area contributed by atoms with Gasteiger partial charge in [0.05, 0.1) is 11.4 Å². The predicted octanol–water partition coefficient (Wildman–Crippen LogP) is 1.98. The molecule has 0 aliphatic rings. The summed E-state index contributed by atoms with van der Waals surface area (Å²) in [6.45, 7) is 1.68. The number of hydroxylamine groups is 1. The standard InChI is InChI=1S/C19H22N4O5/c1-2-17(25)20-14-9-8-13(24)11-15(14)21-19(27)22-16(18(26)23-28)10-12-6-4-3-5-7-12/h3-9,11,16,24,28H,2,10H2,1H3,(H,20,25)(H,23,26)(H2,21,22,27). The number of carbonyl (C=O) groups is 3. The van der Waals surface area contributed by atoms with E-state index in [0.717, 1.165) is 5.56 Å². The maximum Gasteiger partial charge on any atom is 0.319 e. The van der Waals surface area contributed by atoms with Crippen molar-refractivity contribution in [3.8, 4) is 5.75 Å². The van der Waals surface area contributed by atoms with E-state index in [1.165, 1.54) is 23.7 Å². The molecule has 2 aromatic rings. The Kier molecular flexibility index (Phi) is 7.35. The molecule has 0 spiro atoms. The Labute approximate surface area is 161 Å². The minimum atomic E-state index is -1.04. The second-order valence-electron chi connectivity index (χ2n) is 5.95. The third-order valence-electron chi connectivity index (χ3n) is 3.86. The van der Waals surface area contributed by atoms with Gasteiger partial charge >= 0.3 is 6.03 Å². The molecule has 0 saturated heterocycles. The first-order chi connectivity index (χ1) is 13.4. The van der Waals surface area contributed by atoms with Crippen molar-refractivity contribution in [2.75, 3.05) is 10.6 Å². The summed E-state index contributed by atoms with van der Waals surface area (Å²) in [6, 6.07) is 11.3. The van der Waals surface area contributed by atoms with Gasteiger partial charge < -0.3 is 21.1 Å². The van der Waals surface area contributed by atoms with Crippen LogP contribution in [-0.2, 0) is 16.0 Å². The van der Waals surface area contributed by atoms with E-state index in [2.05, 4.69) is 16.0 Å². The molecule has 0 saturated carbocycles. The van der Waals surface area contributed by atoms with Crippen molar-refractivity contribution in [3.63, 3.8) is 0 Å². The highest BCUT2D eigenvalue weighted by Gasteiger charge is 2.21. The molecule has 0 fully saturated rings. The number of urea groups is 1. The van der Waals surface area contributed by atoms with E-state index in [0.29, 0.717) is 5.69 Å². The van der Waals surface area contributed by atoms with Crippen LogP contribution in [0.15, 0.2) is 48.5 Å². The van der Waals surface area contributed by atoms with E-state index in [-0.39, 0.29) is 30.2 Å². The highest BCUT2D eigenvalue weighted by molar-refractivity contribution is 6.00. The van der Waals surface area contributed by atoms with E-state index in [9.17, 15) is 19.5 Å². The van der Waals surface area contributed by atoms with Crippen LogP contribution < -0.4 is 21.4 Å². The lowest BCUT2D eigenvalue weighted by Crippen LogP contribution is -2.48. The zero-order valence-corrected chi connectivity index (χ0v) is 15.2. The van der Waals surface area contributed by atoms with Crippen molar-refractivity contribution in [2.24, 2.45) is 0 Å². The van der Waals surface area contributed by atoms with E-state index in [1.54, 1.807) is 31.2 Å². The number of anilines is 2. The molecule has 1 unspecified atom stereocenters. The first-order valence-corrected chi connectivity index (χ1v) is 8.61. The smallest absolute Gasteiger partial charge is 0.319 e. The predicted molar refractivity (Wildman–Crippen MR) is 103 cm³/mol. The van der Waals surface area contributed by atoms with Crippen LogP contribution in [0.25, 0.3) is 0 Å². The van der Waals surface area contributed by atoms with Crippen LogP contribution in [0, 0.1) is 0 Å². The van der Waals surface area contributed by atoms with Crippen LogP contribution in [0.3, 0.4) is 0 Å². The van der Waals surface area contributed by atoms with Crippen molar-refractivity contribution in [1.82, 2.24) is 10.8 Å². The normalized spacial score (nSPS) is 11.2. The fraction of sp³-hybridized carbons (Fsp3) is 0.211. The minimum absolute atomic E-state index is 0.112. The van der Waals surface area contributed by atoms with Crippen molar-refractivity contribution in [2.45, 2.75) is 25.8 Å². The number of benzene rings is 2. The van der Waals surface area contributed by atoms with Gasteiger partial charge in [-0.25, -0.2) is 10.3 Å². The molecule has 0 aromatic heterocycles. The summed E-state index contributed by atoms with van der Waals surface area (Å²) in [5.74, 6) is -1.16. The Morgan fingerprint density at radius 1 is 1.00 bits per heavy atom. The van der Waals surface area contributed by atoms with Gasteiger partial charge in [0.2, 0.25) is 5.91 Å². The zero-order chi connectivity index (χ0) is 20.5. The van der Waals surface area contributed by atoms with Crippen LogP contribution in [0.1, 0.15) is 18.9 Å². The third-order valence-corrected chi connectivity index (χ3v) is 3.86. The third kappa shape index (κ3) is 5.99. The maximum atomic E-state index is 12.4. The van der Waals surface area contributed by atoms with Crippen LogP contribution in [0.5, 0.6) is 5.75 Å². The van der Waals surface area contributed by atoms with Gasteiger partial charge in [-0.15, -0.1) is 0 Å². The molecule has 0 bridgehead atoms. The van der Waals surface area contributed by atoms with E-state index >= 15 is 0 Å². The van der Waals surface area contributed by atoms with E-state index in [1.807, 2.05) is 6.07 Å². The number of hydrogen-bond donors (Lipinski definition) is 6. The molecule has 2 aromatic carbocycles. The molecule has 4 amide bonds. The SMILES string of the molecule is CCC(=O)Nc1ccc(O)cc1NC(=O)NC(Cc1ccccc1)C(=O)NO. The van der Waals surface area contributed by atoms with Gasteiger partial charge in [0.25, 0.3) is 5.91 Å². The number of aromatic hydroxyl groups is 1. The lowest BCUT2D eigenvalue weighted by Gasteiger charge is -2.18. The molecule has 148 valence electrons. The molecule has 0 aliphatic carbocycles. The molecule has 0 aliphatic heterocycles. The van der Waals surface area contributed by atoms with Gasteiger partial charge in [-0.2, -0.15) is 0 Å². The van der Waals surface area contributed by atoms with Crippen molar-refractivity contribution in [3.05, 3.63) is 54.1 Å². The van der Waals surface area contributed by atoms with Gasteiger partial charge in [-0.05, 0) is 17.7 Å². The summed E-state index contributed by atoms with van der Waals surface area (Å²) in [4.78, 5) is 35.9. The number of amides is 4. The van der Waals surface area contributed by atoms with Gasteiger partial charge in [-0.1, -0.05) is 37.3 Å². The monoisotopic (exact) mass is 386 g/mol. The van der Waals surface area contributed by atoms with Crippen molar-refractivity contribution < 1.29 is 24.7 Å². The molecule has 0 radical (unpaired) electrons. The molecule has 28 heavy (non-hydrogen) atoms. The molecule has 6 N–H and O–H groups in total. The van der Waals surface area contributed by atoms with Gasteiger partial charge in [0, 0.05) is 18.9 Å². The Morgan fingerprint density at radius 3 is 2.36 bits per heavy atom. The van der Waals surface area contributed by atoms with Gasteiger partial charge in [0.1, 0.15) is 11.8 Å². The van der Waals surface area contributed by atoms with Crippen LogP contribution in [0.2, 0.25) is 0 Å². The summed E-state index contributed by atoms with van der Waals surface area (Å²) in [7, 11) is 0. The molecule has 9 heteroatoms. The average Bonchev–Trinajstić information content (AvgIpc) is 2.69. The number of rotatable bonds is 7. The summed E-state index contributed by atoms with van der Waals surface area (Å²) in [6.07, 6.45) is 0.391. The first kappa shape index (κ1) is 20.7. The molecular formula is C19H22N4O5. The van der Waals surface area contributed by atoms with Crippen LogP contribution in [-0.4, -0.2) is 34.2 Å². The fourth-order valence-corrected chi connectivity index (χ4v) is 2.44. The molecule has 1 atom stereocenters. The summed E-state index contributed by atoms with van der Waals surface area (Å²) in [5.41, 5.74) is 2.76. The average molecular weight is 386 g/mol. The number of phenolic OH excluding ortho intramolecular Hbond substituents is 1. The fourth-order valence-electron chi connectivity index (χ4n) is 2.44. The quantitative estimate of drug-likeness (QED) is 0.245. The van der Waals surface area contributed by atoms with Gasteiger partial charge in [-0.3, -0.25) is 14.8 Å². The number of nitrogens with one attached hydrogen (secondary N) is 4. The number of hydrogen-bond acceptors (Lipinski definition) is 5. The largest absolute Gasteiger partial charge is 0.508 e. The second kappa shape index (κ2) is 9.93. The maximum absolute atomic E-state index is 12.4. The summed E-state index contributed by atoms with van der Waals surface area (Å²) < 4.78 is 0. The Hall–Kier alpha value is -3.59. The molecule has 9 nitrogen and oxygen atoms in total. The Bertz CT molecular complexity index is 841. The van der Waals surface area contributed by atoms with Crippen LogP contribution in [0.4, 0.5) is 16.2 Å². The lowest BCUT2D eigenvalue weighted by molar-refractivity contribution is -0.131. The highest BCUT2D eigenvalue weighted by Crippen LogP contribution is 2.26. The van der Waals surface area contributed by atoms with E-state index in [4.69, 9.17) is 5.21 Å². The minimum Gasteiger partial charge on any atom is -0.508 e. The molecular weight excluding hydrogens is 364 g/mol. The number of carbonyl (C=O) groups excluding carboxylic acids is 3. The lowest BCUT2D eigenvalue weighted by atomic mass is 10.1. The Morgan fingerprint density at radius 2 is 1.71 bits per heavy atom. The second-order valence-corrected chi connectivity index (χ2v) is 5.95. The Balaban J connectivity index is 2.13. The zero-order valence-electron chi connectivity index (χ0n) is 15.2. The van der Waals surface area contributed by atoms with Crippen molar-refractivity contribution >= 4 is 29.2 Å².